The van der Waals surface area contributed by atoms with Crippen molar-refractivity contribution in [2.45, 2.75) is 13.8 Å². The van der Waals surface area contributed by atoms with Gasteiger partial charge in [-0.25, -0.2) is 4.98 Å². The maximum atomic E-state index is 13.1. The molecule has 0 aliphatic rings. The van der Waals surface area contributed by atoms with Crippen molar-refractivity contribution in [3.63, 3.8) is 0 Å². The first-order chi connectivity index (χ1) is 15.0. The van der Waals surface area contributed by atoms with E-state index in [1.807, 2.05) is 55.5 Å². The molecule has 1 amide bonds. The molecule has 4 rings (SSSR count). The van der Waals surface area contributed by atoms with Crippen molar-refractivity contribution in [3.05, 3.63) is 90.0 Å². The van der Waals surface area contributed by atoms with E-state index in [4.69, 9.17) is 9.72 Å². The number of nitrogens with one attached hydrogen (secondary N) is 1. The van der Waals surface area contributed by atoms with E-state index in [2.05, 4.69) is 5.32 Å². The SMILES string of the molecule is CCOc1ccc(-c2cc(C(=O)Nc3ccc(C(C)=O)cc3)c3ccccc3n2)cc1. The Morgan fingerprint density at radius 1 is 0.935 bits per heavy atom. The number of aromatic nitrogens is 1. The summed E-state index contributed by atoms with van der Waals surface area (Å²) in [5.74, 6) is 0.540. The molecule has 5 heteroatoms. The minimum Gasteiger partial charge on any atom is -0.494 e. The summed E-state index contributed by atoms with van der Waals surface area (Å²) >= 11 is 0. The highest BCUT2D eigenvalue weighted by Crippen LogP contribution is 2.27. The number of carbonyl (C=O) groups is 2. The molecule has 1 heterocycles. The molecule has 0 bridgehead atoms. The van der Waals surface area contributed by atoms with E-state index < -0.39 is 0 Å². The van der Waals surface area contributed by atoms with Gasteiger partial charge in [-0.3, -0.25) is 9.59 Å². The van der Waals surface area contributed by atoms with Crippen LogP contribution in [0.15, 0.2) is 78.9 Å². The van der Waals surface area contributed by atoms with E-state index in [-0.39, 0.29) is 11.7 Å². The zero-order chi connectivity index (χ0) is 21.8. The van der Waals surface area contributed by atoms with Crippen molar-refractivity contribution in [2.24, 2.45) is 0 Å². The highest BCUT2D eigenvalue weighted by Gasteiger charge is 2.14. The van der Waals surface area contributed by atoms with Gasteiger partial charge in [0.25, 0.3) is 5.91 Å². The zero-order valence-corrected chi connectivity index (χ0v) is 17.4. The molecule has 4 aromatic rings. The number of carbonyl (C=O) groups excluding carboxylic acids is 2. The second kappa shape index (κ2) is 8.79. The molecule has 1 aromatic heterocycles. The highest BCUT2D eigenvalue weighted by atomic mass is 16.5. The van der Waals surface area contributed by atoms with Crippen LogP contribution >= 0.6 is 0 Å². The Morgan fingerprint density at radius 2 is 1.65 bits per heavy atom. The first-order valence-corrected chi connectivity index (χ1v) is 10.1. The highest BCUT2D eigenvalue weighted by molar-refractivity contribution is 6.13. The fraction of sp³-hybridized carbons (Fsp3) is 0.115. The molecule has 5 nitrogen and oxygen atoms in total. The molecule has 0 radical (unpaired) electrons. The van der Waals surface area contributed by atoms with Crippen LogP contribution in [-0.2, 0) is 0 Å². The molecular formula is C26H22N2O3. The van der Waals surface area contributed by atoms with Crippen molar-refractivity contribution >= 4 is 28.3 Å². The van der Waals surface area contributed by atoms with Crippen molar-refractivity contribution in [3.8, 4) is 17.0 Å². The Kier molecular flexibility index (Phi) is 5.76. The molecule has 31 heavy (non-hydrogen) atoms. The summed E-state index contributed by atoms with van der Waals surface area (Å²) in [6.07, 6.45) is 0. The number of para-hydroxylation sites is 1. The smallest absolute Gasteiger partial charge is 0.256 e. The van der Waals surface area contributed by atoms with E-state index in [1.54, 1.807) is 30.3 Å². The van der Waals surface area contributed by atoms with Crippen LogP contribution in [-0.4, -0.2) is 23.3 Å². The summed E-state index contributed by atoms with van der Waals surface area (Å²) in [5.41, 5.74) is 4.10. The summed E-state index contributed by atoms with van der Waals surface area (Å²) in [6, 6.07) is 23.9. The quantitative estimate of drug-likeness (QED) is 0.411. The van der Waals surface area contributed by atoms with Crippen LogP contribution in [0.25, 0.3) is 22.2 Å². The lowest BCUT2D eigenvalue weighted by atomic mass is 10.0. The third-order valence-corrected chi connectivity index (χ3v) is 4.97. The lowest BCUT2D eigenvalue weighted by Gasteiger charge is -2.11. The normalized spacial score (nSPS) is 10.6. The van der Waals surface area contributed by atoms with Crippen LogP contribution < -0.4 is 10.1 Å². The lowest BCUT2D eigenvalue weighted by molar-refractivity contribution is 0.101. The van der Waals surface area contributed by atoms with Crippen LogP contribution in [0.4, 0.5) is 5.69 Å². The summed E-state index contributed by atoms with van der Waals surface area (Å²) in [5, 5.41) is 3.70. The van der Waals surface area contributed by atoms with Crippen molar-refractivity contribution in [2.75, 3.05) is 11.9 Å². The van der Waals surface area contributed by atoms with E-state index >= 15 is 0 Å². The standard InChI is InChI=1S/C26H22N2O3/c1-3-31-21-14-10-19(11-15-21)25-16-23(22-6-4-5-7-24(22)28-25)26(30)27-20-12-8-18(9-13-20)17(2)29/h4-16H,3H2,1-2H3,(H,27,30). The minimum atomic E-state index is -0.235. The number of amides is 1. The maximum Gasteiger partial charge on any atom is 0.256 e. The average molecular weight is 410 g/mol. The second-order valence-electron chi connectivity index (χ2n) is 7.12. The molecule has 0 fully saturated rings. The molecule has 0 saturated heterocycles. The molecular weight excluding hydrogens is 388 g/mol. The van der Waals surface area contributed by atoms with E-state index in [0.29, 0.717) is 29.1 Å². The van der Waals surface area contributed by atoms with Gasteiger partial charge in [-0.15, -0.1) is 0 Å². The van der Waals surface area contributed by atoms with Gasteiger partial charge < -0.3 is 10.1 Å². The van der Waals surface area contributed by atoms with Gasteiger partial charge in [0, 0.05) is 22.2 Å². The Hall–Kier alpha value is -3.99. The molecule has 0 aliphatic heterocycles. The number of rotatable bonds is 6. The number of benzene rings is 3. The number of ketones is 1. The monoisotopic (exact) mass is 410 g/mol. The fourth-order valence-electron chi connectivity index (χ4n) is 3.39. The molecule has 154 valence electrons. The average Bonchev–Trinajstić information content (AvgIpc) is 2.79. The van der Waals surface area contributed by atoms with Crippen molar-refractivity contribution in [1.29, 1.82) is 0 Å². The molecule has 0 atom stereocenters. The van der Waals surface area contributed by atoms with Crippen LogP contribution in [0.3, 0.4) is 0 Å². The molecule has 0 aliphatic carbocycles. The number of fused-ring (bicyclic) bond motifs is 1. The minimum absolute atomic E-state index is 0.0157. The third-order valence-electron chi connectivity index (χ3n) is 4.97. The molecule has 0 spiro atoms. The maximum absolute atomic E-state index is 13.1. The van der Waals surface area contributed by atoms with Gasteiger partial charge in [-0.2, -0.15) is 0 Å². The molecule has 0 saturated carbocycles. The number of anilines is 1. The predicted octanol–water partition coefficient (Wildman–Crippen LogP) is 5.76. The number of hydrogen-bond donors (Lipinski definition) is 1. The third kappa shape index (κ3) is 4.46. The predicted molar refractivity (Wildman–Crippen MR) is 123 cm³/mol. The van der Waals surface area contributed by atoms with Crippen LogP contribution in [0.1, 0.15) is 34.6 Å². The summed E-state index contributed by atoms with van der Waals surface area (Å²) in [6.45, 7) is 4.06. The van der Waals surface area contributed by atoms with Gasteiger partial charge in [0.1, 0.15) is 5.75 Å². The van der Waals surface area contributed by atoms with Gasteiger partial charge in [0.05, 0.1) is 23.4 Å². The van der Waals surface area contributed by atoms with Crippen molar-refractivity contribution < 1.29 is 14.3 Å². The van der Waals surface area contributed by atoms with E-state index in [1.165, 1.54) is 6.92 Å². The number of nitrogens with zero attached hydrogens (tertiary/aromatic N) is 1. The van der Waals surface area contributed by atoms with Crippen LogP contribution in [0.5, 0.6) is 5.75 Å². The van der Waals surface area contributed by atoms with Gasteiger partial charge in [-0.05, 0) is 74.5 Å². The number of Topliss-reactive ketones (excluding diaryl/α,β-unsaturated/α-hetero) is 1. The van der Waals surface area contributed by atoms with Gasteiger partial charge in [0.15, 0.2) is 5.78 Å². The molecule has 3 aromatic carbocycles. The largest absolute Gasteiger partial charge is 0.494 e. The fourth-order valence-corrected chi connectivity index (χ4v) is 3.39. The second-order valence-corrected chi connectivity index (χ2v) is 7.12. The number of hydrogen-bond acceptors (Lipinski definition) is 4. The van der Waals surface area contributed by atoms with Crippen LogP contribution in [0.2, 0.25) is 0 Å². The number of pyridine rings is 1. The Balaban J connectivity index is 1.70. The first kappa shape index (κ1) is 20.3. The van der Waals surface area contributed by atoms with Gasteiger partial charge >= 0.3 is 0 Å². The Labute approximate surface area is 180 Å². The van der Waals surface area contributed by atoms with Gasteiger partial charge in [-0.1, -0.05) is 18.2 Å². The van der Waals surface area contributed by atoms with Crippen molar-refractivity contribution in [1.82, 2.24) is 4.98 Å². The van der Waals surface area contributed by atoms with E-state index in [9.17, 15) is 9.59 Å². The lowest BCUT2D eigenvalue weighted by Crippen LogP contribution is -2.13. The topological polar surface area (TPSA) is 68.3 Å². The molecule has 0 unspecified atom stereocenters. The Bertz CT molecular complexity index is 1250. The molecule has 1 N–H and O–H groups in total. The summed E-state index contributed by atoms with van der Waals surface area (Å²) in [7, 11) is 0. The van der Waals surface area contributed by atoms with E-state index in [0.717, 1.165) is 22.2 Å². The number of ether oxygens (including phenoxy) is 1. The zero-order valence-electron chi connectivity index (χ0n) is 17.4. The Morgan fingerprint density at radius 3 is 2.32 bits per heavy atom. The summed E-state index contributed by atoms with van der Waals surface area (Å²) in [4.78, 5) is 29.4. The van der Waals surface area contributed by atoms with Gasteiger partial charge in [0.2, 0.25) is 0 Å². The van der Waals surface area contributed by atoms with Crippen LogP contribution in [0, 0.1) is 0 Å². The first-order valence-electron chi connectivity index (χ1n) is 10.1. The summed E-state index contributed by atoms with van der Waals surface area (Å²) < 4.78 is 5.51.